The van der Waals surface area contributed by atoms with Crippen molar-refractivity contribution in [1.82, 2.24) is 0 Å². The van der Waals surface area contributed by atoms with Crippen molar-refractivity contribution < 1.29 is 28.8 Å². The minimum absolute atomic E-state index is 0.0514. The molecule has 2 aromatic rings. The first-order valence-corrected chi connectivity index (χ1v) is 8.52. The average Bonchev–Trinajstić information content (AvgIpc) is 3.02. The van der Waals surface area contributed by atoms with E-state index in [1.54, 1.807) is 32.4 Å². The van der Waals surface area contributed by atoms with Crippen LogP contribution in [-0.2, 0) is 16.0 Å². The molecule has 0 amide bonds. The van der Waals surface area contributed by atoms with Crippen LogP contribution in [0.5, 0.6) is 23.0 Å². The fourth-order valence-corrected chi connectivity index (χ4v) is 3.12. The monoisotopic (exact) mass is 370 g/mol. The van der Waals surface area contributed by atoms with Gasteiger partial charge in [-0.3, -0.25) is 0 Å². The Labute approximate surface area is 157 Å². The van der Waals surface area contributed by atoms with Crippen LogP contribution >= 0.6 is 0 Å². The Morgan fingerprint density at radius 1 is 1.04 bits per heavy atom. The summed E-state index contributed by atoms with van der Waals surface area (Å²) in [7, 11) is 4.66. The fraction of sp³-hybridized carbons (Fsp3) is 0.286. The maximum absolute atomic E-state index is 12.2. The van der Waals surface area contributed by atoms with Crippen molar-refractivity contribution >= 4 is 12.0 Å². The molecule has 0 spiro atoms. The number of phenols is 1. The molecule has 1 heterocycles. The van der Waals surface area contributed by atoms with Gasteiger partial charge in [0.2, 0.25) is 0 Å². The number of hydrogen-bond acceptors (Lipinski definition) is 6. The molecule has 0 aromatic heterocycles. The predicted octanol–water partition coefficient (Wildman–Crippen LogP) is 3.22. The standard InChI is InChI=1S/C21H22O6/c1-24-18-7-5-13(11-20(18)26-3)8-15-12-27-21(23)16(15)9-14-4-6-17(22)19(10-14)25-2/h4-7,9-11,15,22H,8,12H2,1-3H3/t15-/m0/s1. The third kappa shape index (κ3) is 4.00. The first-order chi connectivity index (χ1) is 13.0. The molecule has 0 aliphatic carbocycles. The molecule has 142 valence electrons. The fourth-order valence-electron chi connectivity index (χ4n) is 3.12. The number of phenolic OH excluding ortho intramolecular Hbond substituents is 1. The number of carbonyl (C=O) groups is 1. The number of methoxy groups -OCH3 is 3. The minimum atomic E-state index is -0.326. The second kappa shape index (κ2) is 8.03. The highest BCUT2D eigenvalue weighted by Gasteiger charge is 2.30. The van der Waals surface area contributed by atoms with Gasteiger partial charge in [0.05, 0.1) is 27.9 Å². The molecule has 2 aromatic carbocycles. The molecule has 1 N–H and O–H groups in total. The van der Waals surface area contributed by atoms with E-state index in [9.17, 15) is 9.90 Å². The second-order valence-corrected chi connectivity index (χ2v) is 6.22. The predicted molar refractivity (Wildman–Crippen MR) is 100 cm³/mol. The number of aromatic hydroxyl groups is 1. The number of ether oxygens (including phenoxy) is 4. The Bertz CT molecular complexity index is 871. The van der Waals surface area contributed by atoms with Crippen LogP contribution in [0.25, 0.3) is 6.08 Å². The molecule has 0 unspecified atom stereocenters. The van der Waals surface area contributed by atoms with E-state index < -0.39 is 0 Å². The van der Waals surface area contributed by atoms with E-state index in [0.717, 1.165) is 11.1 Å². The van der Waals surface area contributed by atoms with Gasteiger partial charge >= 0.3 is 5.97 Å². The van der Waals surface area contributed by atoms with E-state index in [-0.39, 0.29) is 17.6 Å². The van der Waals surface area contributed by atoms with Crippen molar-refractivity contribution in [3.63, 3.8) is 0 Å². The molecule has 3 rings (SSSR count). The van der Waals surface area contributed by atoms with E-state index in [2.05, 4.69) is 0 Å². The van der Waals surface area contributed by atoms with Gasteiger partial charge in [0, 0.05) is 11.5 Å². The Morgan fingerprint density at radius 2 is 1.78 bits per heavy atom. The molecule has 6 heteroatoms. The number of benzene rings is 2. The van der Waals surface area contributed by atoms with Gasteiger partial charge in [0.1, 0.15) is 0 Å². The second-order valence-electron chi connectivity index (χ2n) is 6.22. The average molecular weight is 370 g/mol. The molecular formula is C21H22O6. The van der Waals surface area contributed by atoms with Crippen molar-refractivity contribution in [3.05, 3.63) is 53.1 Å². The molecule has 0 bridgehead atoms. The number of esters is 1. The summed E-state index contributed by atoms with van der Waals surface area (Å²) in [6.45, 7) is 0.328. The zero-order valence-corrected chi connectivity index (χ0v) is 15.5. The molecule has 0 saturated carbocycles. The largest absolute Gasteiger partial charge is 0.504 e. The summed E-state index contributed by atoms with van der Waals surface area (Å²) in [6, 6.07) is 10.6. The molecule has 6 nitrogen and oxygen atoms in total. The van der Waals surface area contributed by atoms with Crippen LogP contribution in [0, 0.1) is 5.92 Å². The summed E-state index contributed by atoms with van der Waals surface area (Å²) in [5, 5.41) is 9.73. The zero-order chi connectivity index (χ0) is 19.4. The number of hydrogen-bond donors (Lipinski definition) is 1. The Balaban J connectivity index is 1.86. The lowest BCUT2D eigenvalue weighted by atomic mass is 9.92. The number of rotatable bonds is 6. The summed E-state index contributed by atoms with van der Waals surface area (Å²) in [5.74, 6) is 1.31. The third-order valence-corrected chi connectivity index (χ3v) is 4.55. The number of carbonyl (C=O) groups excluding carboxylic acids is 1. The van der Waals surface area contributed by atoms with Gasteiger partial charge in [0.15, 0.2) is 23.0 Å². The van der Waals surface area contributed by atoms with Crippen molar-refractivity contribution in [2.24, 2.45) is 5.92 Å². The van der Waals surface area contributed by atoms with Crippen LogP contribution in [0.2, 0.25) is 0 Å². The maximum Gasteiger partial charge on any atom is 0.334 e. The summed E-state index contributed by atoms with van der Waals surface area (Å²) in [4.78, 5) is 12.2. The van der Waals surface area contributed by atoms with Crippen LogP contribution < -0.4 is 14.2 Å². The minimum Gasteiger partial charge on any atom is -0.504 e. The van der Waals surface area contributed by atoms with Gasteiger partial charge in [0.25, 0.3) is 0 Å². The third-order valence-electron chi connectivity index (χ3n) is 4.55. The Morgan fingerprint density at radius 3 is 2.48 bits per heavy atom. The van der Waals surface area contributed by atoms with Gasteiger partial charge in [-0.2, -0.15) is 0 Å². The van der Waals surface area contributed by atoms with Gasteiger partial charge in [-0.05, 0) is 47.9 Å². The van der Waals surface area contributed by atoms with Crippen molar-refractivity contribution in [1.29, 1.82) is 0 Å². The van der Waals surface area contributed by atoms with Crippen LogP contribution in [0.1, 0.15) is 11.1 Å². The van der Waals surface area contributed by atoms with Crippen LogP contribution in [0.3, 0.4) is 0 Å². The quantitative estimate of drug-likeness (QED) is 0.622. The van der Waals surface area contributed by atoms with Crippen molar-refractivity contribution in [2.75, 3.05) is 27.9 Å². The normalized spacial score (nSPS) is 17.7. The molecule has 1 aliphatic heterocycles. The lowest BCUT2D eigenvalue weighted by Crippen LogP contribution is -2.08. The molecule has 27 heavy (non-hydrogen) atoms. The van der Waals surface area contributed by atoms with Gasteiger partial charge in [-0.15, -0.1) is 0 Å². The summed E-state index contributed by atoms with van der Waals surface area (Å²) >= 11 is 0. The SMILES string of the molecule is COc1cc(C=C2C(=O)OC[C@@H]2Cc2ccc(OC)c(OC)c2)ccc1O. The zero-order valence-electron chi connectivity index (χ0n) is 15.5. The highest BCUT2D eigenvalue weighted by atomic mass is 16.5. The van der Waals surface area contributed by atoms with Crippen LogP contribution in [0.15, 0.2) is 42.0 Å². The van der Waals surface area contributed by atoms with Crippen LogP contribution in [0.4, 0.5) is 0 Å². The number of cyclic esters (lactones) is 1. The topological polar surface area (TPSA) is 74.2 Å². The van der Waals surface area contributed by atoms with E-state index in [1.807, 2.05) is 18.2 Å². The van der Waals surface area contributed by atoms with Crippen molar-refractivity contribution in [2.45, 2.75) is 6.42 Å². The molecule has 1 fully saturated rings. The molecule has 1 atom stereocenters. The maximum atomic E-state index is 12.2. The van der Waals surface area contributed by atoms with E-state index in [0.29, 0.717) is 35.8 Å². The highest BCUT2D eigenvalue weighted by molar-refractivity contribution is 5.96. The lowest BCUT2D eigenvalue weighted by Gasteiger charge is -2.12. The molecule has 0 radical (unpaired) electrons. The summed E-state index contributed by atoms with van der Waals surface area (Å²) in [6.07, 6.45) is 2.41. The summed E-state index contributed by atoms with van der Waals surface area (Å²) < 4.78 is 21.0. The van der Waals surface area contributed by atoms with Gasteiger partial charge < -0.3 is 24.1 Å². The molecule has 1 saturated heterocycles. The Hall–Kier alpha value is -3.15. The first-order valence-electron chi connectivity index (χ1n) is 8.52. The summed E-state index contributed by atoms with van der Waals surface area (Å²) in [5.41, 5.74) is 2.37. The first kappa shape index (κ1) is 18.6. The Kier molecular flexibility index (Phi) is 5.54. The molecule has 1 aliphatic rings. The van der Waals surface area contributed by atoms with E-state index >= 15 is 0 Å². The van der Waals surface area contributed by atoms with Crippen molar-refractivity contribution in [3.8, 4) is 23.0 Å². The van der Waals surface area contributed by atoms with Crippen LogP contribution in [-0.4, -0.2) is 39.0 Å². The smallest absolute Gasteiger partial charge is 0.334 e. The van der Waals surface area contributed by atoms with Gasteiger partial charge in [-0.1, -0.05) is 12.1 Å². The molecular weight excluding hydrogens is 348 g/mol. The van der Waals surface area contributed by atoms with Gasteiger partial charge in [-0.25, -0.2) is 4.79 Å². The van der Waals surface area contributed by atoms with E-state index in [4.69, 9.17) is 18.9 Å². The lowest BCUT2D eigenvalue weighted by molar-refractivity contribution is -0.135. The highest BCUT2D eigenvalue weighted by Crippen LogP contribution is 2.33. The van der Waals surface area contributed by atoms with E-state index in [1.165, 1.54) is 13.2 Å².